The van der Waals surface area contributed by atoms with Gasteiger partial charge in [-0.1, -0.05) is 0 Å². The number of ether oxygens (including phenoxy) is 2. The Kier molecular flexibility index (Phi) is 5.72. The first-order chi connectivity index (χ1) is 6.00. The fourth-order valence-electron chi connectivity index (χ4n) is 1.18. The summed E-state index contributed by atoms with van der Waals surface area (Å²) < 4.78 is 9.96. The van der Waals surface area contributed by atoms with Crippen LogP contribution < -0.4 is 0 Å². The highest BCUT2D eigenvalue weighted by Gasteiger charge is 1.95. The molecule has 0 spiro atoms. The Morgan fingerprint density at radius 2 is 1.67 bits per heavy atom. The van der Waals surface area contributed by atoms with Gasteiger partial charge in [0.2, 0.25) is 0 Å². The van der Waals surface area contributed by atoms with Gasteiger partial charge in [-0.2, -0.15) is 0 Å². The maximum atomic E-state index is 5.07. The highest BCUT2D eigenvalue weighted by molar-refractivity contribution is 4.76. The Morgan fingerprint density at radius 3 is 1.83 bits per heavy atom. The summed E-state index contributed by atoms with van der Waals surface area (Å²) >= 11 is 0. The molecule has 0 bridgehead atoms. The molecule has 2 aliphatic heterocycles. The molecule has 1 fully saturated rings. The van der Waals surface area contributed by atoms with Gasteiger partial charge in [0, 0.05) is 13.2 Å². The largest absolute Gasteiger partial charge is 0.502 e. The molecule has 0 aromatic carbocycles. The fraction of sp³-hybridized carbons (Fsp3) is 0.800. The van der Waals surface area contributed by atoms with E-state index in [1.54, 1.807) is 6.26 Å². The van der Waals surface area contributed by atoms with Crippen molar-refractivity contribution in [2.75, 3.05) is 19.8 Å². The van der Waals surface area contributed by atoms with Gasteiger partial charge < -0.3 is 9.47 Å². The minimum absolute atomic E-state index is 0.913. The third kappa shape index (κ3) is 5.19. The monoisotopic (exact) mass is 170 g/mol. The third-order valence-corrected chi connectivity index (χ3v) is 1.90. The van der Waals surface area contributed by atoms with Crippen LogP contribution in [0.1, 0.15) is 32.1 Å². The number of hydrogen-bond donors (Lipinski definition) is 0. The van der Waals surface area contributed by atoms with Crippen molar-refractivity contribution in [1.29, 1.82) is 0 Å². The Balaban J connectivity index is 0.000000120. The van der Waals surface area contributed by atoms with Gasteiger partial charge >= 0.3 is 0 Å². The summed E-state index contributed by atoms with van der Waals surface area (Å²) in [6.45, 7) is 2.91. The predicted octanol–water partition coefficient (Wildman–Crippen LogP) is 2.50. The minimum Gasteiger partial charge on any atom is -0.502 e. The Hall–Kier alpha value is -0.500. The van der Waals surface area contributed by atoms with Gasteiger partial charge in [-0.15, -0.1) is 0 Å². The quantitative estimate of drug-likeness (QED) is 0.556. The van der Waals surface area contributed by atoms with E-state index in [1.807, 2.05) is 6.08 Å². The summed E-state index contributed by atoms with van der Waals surface area (Å²) in [5.41, 5.74) is 0. The number of rotatable bonds is 0. The summed E-state index contributed by atoms with van der Waals surface area (Å²) in [6, 6.07) is 0. The van der Waals surface area contributed by atoms with Crippen LogP contribution in [0.2, 0.25) is 0 Å². The first kappa shape index (κ1) is 9.59. The molecule has 2 heteroatoms. The average Bonchev–Trinajstić information content (AvgIpc) is 2.24. The molecule has 0 aromatic heterocycles. The fourth-order valence-corrected chi connectivity index (χ4v) is 1.18. The molecule has 0 aromatic rings. The van der Waals surface area contributed by atoms with Gasteiger partial charge in [0.1, 0.15) is 0 Å². The lowest BCUT2D eigenvalue weighted by Crippen LogP contribution is -2.03. The molecule has 0 atom stereocenters. The van der Waals surface area contributed by atoms with E-state index in [2.05, 4.69) is 0 Å². The molecule has 2 aliphatic rings. The van der Waals surface area contributed by atoms with E-state index in [0.717, 1.165) is 19.8 Å². The molecule has 2 nitrogen and oxygen atoms in total. The summed E-state index contributed by atoms with van der Waals surface area (Å²) in [5, 5.41) is 0. The van der Waals surface area contributed by atoms with Crippen LogP contribution in [0.4, 0.5) is 0 Å². The molecule has 70 valence electrons. The van der Waals surface area contributed by atoms with Gasteiger partial charge in [0.15, 0.2) is 0 Å². The molecule has 1 saturated heterocycles. The van der Waals surface area contributed by atoms with Crippen molar-refractivity contribution in [3.05, 3.63) is 12.3 Å². The van der Waals surface area contributed by atoms with Crippen LogP contribution in [0, 0.1) is 0 Å². The second-order valence-electron chi connectivity index (χ2n) is 3.06. The maximum absolute atomic E-state index is 5.07. The molecule has 2 heterocycles. The summed E-state index contributed by atoms with van der Waals surface area (Å²) in [4.78, 5) is 0. The van der Waals surface area contributed by atoms with E-state index in [-0.39, 0.29) is 0 Å². The smallest absolute Gasteiger partial charge is 0.0876 e. The third-order valence-electron chi connectivity index (χ3n) is 1.90. The van der Waals surface area contributed by atoms with Gasteiger partial charge in [-0.25, -0.2) is 0 Å². The predicted molar refractivity (Wildman–Crippen MR) is 49.0 cm³/mol. The van der Waals surface area contributed by atoms with E-state index < -0.39 is 0 Å². The zero-order chi connectivity index (χ0) is 8.49. The van der Waals surface area contributed by atoms with Crippen LogP contribution in [0.25, 0.3) is 0 Å². The average molecular weight is 170 g/mol. The number of hydrogen-bond acceptors (Lipinski definition) is 2. The van der Waals surface area contributed by atoms with E-state index in [1.165, 1.54) is 32.1 Å². The second-order valence-corrected chi connectivity index (χ2v) is 3.06. The number of allylic oxidation sites excluding steroid dienone is 1. The molecule has 2 rings (SSSR count). The van der Waals surface area contributed by atoms with Crippen molar-refractivity contribution in [3.8, 4) is 0 Å². The van der Waals surface area contributed by atoms with Crippen LogP contribution in [0.5, 0.6) is 0 Å². The molecule has 0 unspecified atom stereocenters. The van der Waals surface area contributed by atoms with Crippen LogP contribution in [-0.4, -0.2) is 19.8 Å². The molecule has 0 N–H and O–H groups in total. The van der Waals surface area contributed by atoms with Crippen LogP contribution >= 0.6 is 0 Å². The molecular weight excluding hydrogens is 152 g/mol. The lowest BCUT2D eigenvalue weighted by molar-refractivity contribution is 0.0968. The van der Waals surface area contributed by atoms with Crippen molar-refractivity contribution in [3.63, 3.8) is 0 Å². The van der Waals surface area contributed by atoms with Crippen molar-refractivity contribution in [2.45, 2.75) is 32.1 Å². The second kappa shape index (κ2) is 7.17. The topological polar surface area (TPSA) is 18.5 Å². The van der Waals surface area contributed by atoms with Crippen molar-refractivity contribution in [1.82, 2.24) is 0 Å². The van der Waals surface area contributed by atoms with E-state index in [9.17, 15) is 0 Å². The minimum atomic E-state index is 0.913. The Morgan fingerprint density at radius 1 is 0.833 bits per heavy atom. The van der Waals surface area contributed by atoms with Crippen LogP contribution in [0.3, 0.4) is 0 Å². The van der Waals surface area contributed by atoms with Crippen LogP contribution in [0.15, 0.2) is 12.3 Å². The molecule has 0 radical (unpaired) electrons. The molecule has 12 heavy (non-hydrogen) atoms. The summed E-state index contributed by atoms with van der Waals surface area (Å²) in [7, 11) is 0. The molecule has 0 amide bonds. The normalized spacial score (nSPS) is 22.0. The van der Waals surface area contributed by atoms with E-state index in [0.29, 0.717) is 0 Å². The van der Waals surface area contributed by atoms with Crippen LogP contribution in [-0.2, 0) is 9.47 Å². The maximum Gasteiger partial charge on any atom is 0.0876 e. The van der Waals surface area contributed by atoms with E-state index >= 15 is 0 Å². The Bertz CT molecular complexity index is 97.5. The van der Waals surface area contributed by atoms with Crippen molar-refractivity contribution >= 4 is 0 Å². The SMILES string of the molecule is C1=COCCC1.C1CCOCC1. The zero-order valence-electron chi connectivity index (χ0n) is 7.63. The lowest BCUT2D eigenvalue weighted by atomic mass is 10.2. The first-order valence-electron chi connectivity index (χ1n) is 4.84. The van der Waals surface area contributed by atoms with Crippen molar-refractivity contribution in [2.24, 2.45) is 0 Å². The van der Waals surface area contributed by atoms with Gasteiger partial charge in [-0.05, 0) is 38.2 Å². The van der Waals surface area contributed by atoms with Crippen molar-refractivity contribution < 1.29 is 9.47 Å². The molecular formula is C10H18O2. The van der Waals surface area contributed by atoms with Gasteiger partial charge in [-0.3, -0.25) is 0 Å². The van der Waals surface area contributed by atoms with Gasteiger partial charge in [0.25, 0.3) is 0 Å². The van der Waals surface area contributed by atoms with E-state index in [4.69, 9.17) is 9.47 Å². The Labute approximate surface area is 74.6 Å². The summed E-state index contributed by atoms with van der Waals surface area (Å²) in [5.74, 6) is 0. The molecule has 0 saturated carbocycles. The zero-order valence-corrected chi connectivity index (χ0v) is 7.63. The summed E-state index contributed by atoms with van der Waals surface area (Å²) in [6.07, 6.45) is 10.1. The molecule has 0 aliphatic carbocycles. The lowest BCUT2D eigenvalue weighted by Gasteiger charge is -2.08. The highest BCUT2D eigenvalue weighted by Crippen LogP contribution is 2.02. The first-order valence-corrected chi connectivity index (χ1v) is 4.84. The van der Waals surface area contributed by atoms with Gasteiger partial charge in [0.05, 0.1) is 12.9 Å². The standard InChI is InChI=1S/C5H10O.C5H8O/c2*1-2-4-6-5-3-1/h1-5H2;2,4H,1,3,5H2. The highest BCUT2D eigenvalue weighted by atomic mass is 16.5.